The maximum Gasteiger partial charge on any atom is 0.330 e. The van der Waals surface area contributed by atoms with Crippen molar-refractivity contribution in [2.45, 2.75) is 39.2 Å². The molecule has 0 aliphatic heterocycles. The molecule has 0 spiro atoms. The number of ether oxygens (including phenoxy) is 1. The minimum Gasteiger partial charge on any atom is -0.459 e. The smallest absolute Gasteiger partial charge is 0.330 e. The van der Waals surface area contributed by atoms with Crippen LogP contribution in [0.25, 0.3) is 0 Å². The van der Waals surface area contributed by atoms with E-state index < -0.39 is 0 Å². The van der Waals surface area contributed by atoms with E-state index in [0.717, 1.165) is 12.8 Å². The fraction of sp³-hybridized carbons (Fsp3) is 0.727. The second-order valence-corrected chi connectivity index (χ2v) is 4.18. The van der Waals surface area contributed by atoms with Crippen molar-refractivity contribution >= 4 is 5.97 Å². The predicted molar refractivity (Wildman–Crippen MR) is 52.3 cm³/mol. The first-order valence-electron chi connectivity index (χ1n) is 4.95. The SMILES string of the molecule is C=CC(=O)OC1CC(C)CC(C)C1. The Bertz CT molecular complexity index is 188. The van der Waals surface area contributed by atoms with Crippen molar-refractivity contribution < 1.29 is 9.53 Å². The summed E-state index contributed by atoms with van der Waals surface area (Å²) in [6, 6.07) is 0. The van der Waals surface area contributed by atoms with Crippen LogP contribution in [-0.4, -0.2) is 12.1 Å². The second-order valence-electron chi connectivity index (χ2n) is 4.18. The molecule has 2 unspecified atom stereocenters. The van der Waals surface area contributed by atoms with Crippen LogP contribution in [-0.2, 0) is 9.53 Å². The van der Waals surface area contributed by atoms with Gasteiger partial charge in [0.15, 0.2) is 0 Å². The molecule has 0 N–H and O–H groups in total. The van der Waals surface area contributed by atoms with E-state index >= 15 is 0 Å². The van der Waals surface area contributed by atoms with E-state index in [4.69, 9.17) is 4.74 Å². The number of hydrogen-bond donors (Lipinski definition) is 0. The number of esters is 1. The topological polar surface area (TPSA) is 26.3 Å². The molecular weight excluding hydrogens is 164 g/mol. The van der Waals surface area contributed by atoms with E-state index in [0.29, 0.717) is 11.8 Å². The highest BCUT2D eigenvalue weighted by atomic mass is 16.5. The summed E-state index contributed by atoms with van der Waals surface area (Å²) in [5.74, 6) is 1.06. The fourth-order valence-electron chi connectivity index (χ4n) is 2.18. The first-order valence-corrected chi connectivity index (χ1v) is 4.95. The lowest BCUT2D eigenvalue weighted by Crippen LogP contribution is -2.27. The summed E-state index contributed by atoms with van der Waals surface area (Å²) in [5, 5.41) is 0. The highest BCUT2D eigenvalue weighted by Crippen LogP contribution is 2.30. The zero-order chi connectivity index (χ0) is 9.84. The molecule has 0 aromatic carbocycles. The lowest BCUT2D eigenvalue weighted by molar-refractivity contribution is -0.145. The largest absolute Gasteiger partial charge is 0.459 e. The Hall–Kier alpha value is -0.790. The first kappa shape index (κ1) is 10.3. The molecule has 1 aliphatic rings. The Kier molecular flexibility index (Phi) is 3.52. The van der Waals surface area contributed by atoms with Gasteiger partial charge >= 0.3 is 5.97 Å². The molecular formula is C11H18O2. The molecule has 74 valence electrons. The summed E-state index contributed by atoms with van der Waals surface area (Å²) in [6.45, 7) is 7.82. The summed E-state index contributed by atoms with van der Waals surface area (Å²) in [4.78, 5) is 11.0. The van der Waals surface area contributed by atoms with Crippen LogP contribution in [0.1, 0.15) is 33.1 Å². The van der Waals surface area contributed by atoms with Crippen molar-refractivity contribution in [1.29, 1.82) is 0 Å². The highest BCUT2D eigenvalue weighted by Gasteiger charge is 2.25. The van der Waals surface area contributed by atoms with Crippen LogP contribution < -0.4 is 0 Å². The van der Waals surface area contributed by atoms with Gasteiger partial charge in [-0.05, 0) is 31.1 Å². The Labute approximate surface area is 80.0 Å². The van der Waals surface area contributed by atoms with Gasteiger partial charge in [-0.25, -0.2) is 4.79 Å². The summed E-state index contributed by atoms with van der Waals surface area (Å²) >= 11 is 0. The Morgan fingerprint density at radius 2 is 1.85 bits per heavy atom. The minimum absolute atomic E-state index is 0.115. The molecule has 2 nitrogen and oxygen atoms in total. The molecule has 0 saturated heterocycles. The van der Waals surface area contributed by atoms with Gasteiger partial charge in [0.05, 0.1) is 0 Å². The van der Waals surface area contributed by atoms with E-state index in [2.05, 4.69) is 20.4 Å². The lowest BCUT2D eigenvalue weighted by atomic mass is 9.82. The minimum atomic E-state index is -0.286. The molecule has 1 saturated carbocycles. The monoisotopic (exact) mass is 182 g/mol. The third-order valence-corrected chi connectivity index (χ3v) is 2.58. The standard InChI is InChI=1S/C11H18O2/c1-4-11(12)13-10-6-8(2)5-9(3)7-10/h4,8-10H,1,5-7H2,2-3H3. The van der Waals surface area contributed by atoms with Crippen LogP contribution in [0.5, 0.6) is 0 Å². The van der Waals surface area contributed by atoms with Crippen LogP contribution >= 0.6 is 0 Å². The van der Waals surface area contributed by atoms with Crippen LogP contribution in [0, 0.1) is 11.8 Å². The van der Waals surface area contributed by atoms with Gasteiger partial charge in [0.2, 0.25) is 0 Å². The molecule has 0 radical (unpaired) electrons. The zero-order valence-electron chi connectivity index (χ0n) is 8.45. The maximum absolute atomic E-state index is 11.0. The maximum atomic E-state index is 11.0. The Morgan fingerprint density at radius 1 is 1.31 bits per heavy atom. The van der Waals surface area contributed by atoms with E-state index in [9.17, 15) is 4.79 Å². The average Bonchev–Trinajstić information content (AvgIpc) is 2.02. The van der Waals surface area contributed by atoms with Crippen molar-refractivity contribution in [1.82, 2.24) is 0 Å². The molecule has 0 aromatic rings. The van der Waals surface area contributed by atoms with Crippen molar-refractivity contribution in [3.8, 4) is 0 Å². The van der Waals surface area contributed by atoms with Crippen molar-refractivity contribution in [3.05, 3.63) is 12.7 Å². The highest BCUT2D eigenvalue weighted by molar-refractivity contribution is 5.81. The lowest BCUT2D eigenvalue weighted by Gasteiger charge is -2.30. The van der Waals surface area contributed by atoms with E-state index in [1.165, 1.54) is 12.5 Å². The number of carbonyl (C=O) groups is 1. The normalized spacial score (nSPS) is 33.8. The molecule has 0 amide bonds. The van der Waals surface area contributed by atoms with Gasteiger partial charge in [-0.15, -0.1) is 0 Å². The molecule has 0 aromatic heterocycles. The average molecular weight is 182 g/mol. The van der Waals surface area contributed by atoms with Crippen molar-refractivity contribution in [2.75, 3.05) is 0 Å². The summed E-state index contributed by atoms with van der Waals surface area (Å²) < 4.78 is 5.22. The molecule has 1 fully saturated rings. The summed E-state index contributed by atoms with van der Waals surface area (Å²) in [6.07, 6.45) is 4.61. The fourth-order valence-corrected chi connectivity index (χ4v) is 2.18. The van der Waals surface area contributed by atoms with Crippen LogP contribution in [0.3, 0.4) is 0 Å². The van der Waals surface area contributed by atoms with Gasteiger partial charge < -0.3 is 4.74 Å². The summed E-state index contributed by atoms with van der Waals surface area (Å²) in [7, 11) is 0. The van der Waals surface area contributed by atoms with Crippen molar-refractivity contribution in [2.24, 2.45) is 11.8 Å². The van der Waals surface area contributed by atoms with Crippen LogP contribution in [0.15, 0.2) is 12.7 Å². The van der Waals surface area contributed by atoms with Gasteiger partial charge in [-0.1, -0.05) is 20.4 Å². The van der Waals surface area contributed by atoms with Gasteiger partial charge in [0, 0.05) is 6.08 Å². The van der Waals surface area contributed by atoms with Gasteiger partial charge in [-0.2, -0.15) is 0 Å². The molecule has 13 heavy (non-hydrogen) atoms. The molecule has 1 rings (SSSR count). The van der Waals surface area contributed by atoms with E-state index in [1.54, 1.807) is 0 Å². The number of rotatable bonds is 2. The predicted octanol–water partition coefficient (Wildman–Crippen LogP) is 2.54. The van der Waals surface area contributed by atoms with Crippen LogP contribution in [0.2, 0.25) is 0 Å². The second kappa shape index (κ2) is 4.45. The summed E-state index contributed by atoms with van der Waals surface area (Å²) in [5.41, 5.74) is 0. The van der Waals surface area contributed by atoms with Crippen LogP contribution in [0.4, 0.5) is 0 Å². The van der Waals surface area contributed by atoms with Gasteiger partial charge in [0.1, 0.15) is 6.10 Å². The van der Waals surface area contributed by atoms with Gasteiger partial charge in [-0.3, -0.25) is 0 Å². The number of carbonyl (C=O) groups excluding carboxylic acids is 1. The first-order chi connectivity index (χ1) is 6.11. The quantitative estimate of drug-likeness (QED) is 0.484. The molecule has 2 atom stereocenters. The third kappa shape index (κ3) is 3.21. The Morgan fingerprint density at radius 3 is 2.31 bits per heavy atom. The van der Waals surface area contributed by atoms with Crippen molar-refractivity contribution in [3.63, 3.8) is 0 Å². The Balaban J connectivity index is 2.41. The van der Waals surface area contributed by atoms with E-state index in [-0.39, 0.29) is 12.1 Å². The van der Waals surface area contributed by atoms with E-state index in [1.807, 2.05) is 0 Å². The molecule has 2 heteroatoms. The molecule has 1 aliphatic carbocycles. The molecule has 0 heterocycles. The zero-order valence-corrected chi connectivity index (χ0v) is 8.45. The number of hydrogen-bond acceptors (Lipinski definition) is 2. The van der Waals surface area contributed by atoms with Gasteiger partial charge in [0.25, 0.3) is 0 Å². The molecule has 0 bridgehead atoms. The third-order valence-electron chi connectivity index (χ3n) is 2.58.